The van der Waals surface area contributed by atoms with Gasteiger partial charge in [-0.2, -0.15) is 0 Å². The summed E-state index contributed by atoms with van der Waals surface area (Å²) < 4.78 is 7.66. The van der Waals surface area contributed by atoms with E-state index in [1.165, 1.54) is 43.6 Å². The number of carbonyl (C=O) groups is 1. The zero-order valence-corrected chi connectivity index (χ0v) is 16.4. The van der Waals surface area contributed by atoms with Gasteiger partial charge in [-0.15, -0.1) is 5.10 Å². The van der Waals surface area contributed by atoms with Gasteiger partial charge < -0.3 is 14.3 Å². The van der Waals surface area contributed by atoms with Crippen LogP contribution in [0, 0.1) is 5.92 Å². The average Bonchev–Trinajstić information content (AvgIpc) is 3.52. The second-order valence-electron chi connectivity index (χ2n) is 8.08. The van der Waals surface area contributed by atoms with E-state index in [-0.39, 0.29) is 11.8 Å². The van der Waals surface area contributed by atoms with Gasteiger partial charge in [-0.1, -0.05) is 19.3 Å². The molecule has 0 unspecified atom stereocenters. The van der Waals surface area contributed by atoms with Crippen molar-refractivity contribution in [3.05, 3.63) is 41.9 Å². The summed E-state index contributed by atoms with van der Waals surface area (Å²) in [6.45, 7) is 1.21. The summed E-state index contributed by atoms with van der Waals surface area (Å²) in [7, 11) is 0. The highest BCUT2D eigenvalue weighted by Gasteiger charge is 2.29. The minimum atomic E-state index is -0.0223. The molecule has 2 N–H and O–H groups in total. The number of aromatic nitrogens is 5. The van der Waals surface area contributed by atoms with E-state index < -0.39 is 0 Å². The van der Waals surface area contributed by atoms with E-state index >= 15 is 0 Å². The molecule has 8 nitrogen and oxygen atoms in total. The lowest BCUT2D eigenvalue weighted by Gasteiger charge is -2.27. The molecule has 3 aromatic rings. The van der Waals surface area contributed by atoms with Gasteiger partial charge in [-0.25, -0.2) is 9.97 Å². The first-order chi connectivity index (χ1) is 14.3. The molecule has 1 atom stereocenters. The maximum absolute atomic E-state index is 12.7. The van der Waals surface area contributed by atoms with Crippen molar-refractivity contribution in [1.82, 2.24) is 30.0 Å². The molecule has 2 aliphatic rings. The van der Waals surface area contributed by atoms with Crippen LogP contribution in [-0.4, -0.2) is 30.6 Å². The SMILES string of the molecule is O=C(NCc1nc(-c2ccco2)n[nH]1)[C@H]1CCn2c(cnc2C2CCCCC2)C1. The molecule has 1 saturated carbocycles. The van der Waals surface area contributed by atoms with E-state index in [1.54, 1.807) is 18.4 Å². The third-order valence-corrected chi connectivity index (χ3v) is 6.17. The van der Waals surface area contributed by atoms with Crippen molar-refractivity contribution in [2.45, 2.75) is 64.0 Å². The molecule has 1 aliphatic carbocycles. The monoisotopic (exact) mass is 394 g/mol. The number of fused-ring (bicyclic) bond motifs is 1. The van der Waals surface area contributed by atoms with Crippen molar-refractivity contribution in [2.75, 3.05) is 0 Å². The van der Waals surface area contributed by atoms with Gasteiger partial charge in [0, 0.05) is 36.7 Å². The minimum Gasteiger partial charge on any atom is -0.461 e. The molecule has 152 valence electrons. The molecule has 1 aliphatic heterocycles. The first-order valence-electron chi connectivity index (χ1n) is 10.5. The number of rotatable bonds is 5. The van der Waals surface area contributed by atoms with Crippen molar-refractivity contribution >= 4 is 5.91 Å². The Hall–Kier alpha value is -2.90. The maximum Gasteiger partial charge on any atom is 0.223 e. The highest BCUT2D eigenvalue weighted by atomic mass is 16.3. The highest BCUT2D eigenvalue weighted by Crippen LogP contribution is 2.34. The van der Waals surface area contributed by atoms with Gasteiger partial charge in [0.15, 0.2) is 5.76 Å². The number of nitrogens with zero attached hydrogens (tertiary/aromatic N) is 4. The Labute approximate surface area is 169 Å². The molecule has 3 aromatic heterocycles. The fourth-order valence-corrected chi connectivity index (χ4v) is 4.60. The molecule has 5 rings (SSSR count). The van der Waals surface area contributed by atoms with Gasteiger partial charge in [0.05, 0.1) is 12.8 Å². The number of amides is 1. The number of hydrogen-bond acceptors (Lipinski definition) is 5. The number of aromatic amines is 1. The van der Waals surface area contributed by atoms with E-state index in [0.29, 0.717) is 29.9 Å². The van der Waals surface area contributed by atoms with Gasteiger partial charge in [0.25, 0.3) is 0 Å². The lowest BCUT2D eigenvalue weighted by Crippen LogP contribution is -2.35. The molecule has 1 fully saturated rings. The zero-order chi connectivity index (χ0) is 19.6. The molecule has 8 heteroatoms. The molecular formula is C21H26N6O2. The van der Waals surface area contributed by atoms with Crippen LogP contribution in [-0.2, 0) is 24.3 Å². The highest BCUT2D eigenvalue weighted by molar-refractivity contribution is 5.79. The second kappa shape index (κ2) is 7.85. The van der Waals surface area contributed by atoms with Crippen LogP contribution in [0.2, 0.25) is 0 Å². The number of H-pyrrole nitrogens is 1. The van der Waals surface area contributed by atoms with Crippen molar-refractivity contribution in [3.8, 4) is 11.6 Å². The summed E-state index contributed by atoms with van der Waals surface area (Å²) in [5, 5.41) is 9.99. The van der Waals surface area contributed by atoms with Crippen molar-refractivity contribution < 1.29 is 9.21 Å². The van der Waals surface area contributed by atoms with Crippen LogP contribution in [0.3, 0.4) is 0 Å². The predicted octanol–water partition coefficient (Wildman–Crippen LogP) is 3.19. The van der Waals surface area contributed by atoms with Crippen LogP contribution in [0.25, 0.3) is 11.6 Å². The largest absolute Gasteiger partial charge is 0.461 e. The Balaban J connectivity index is 1.18. The smallest absolute Gasteiger partial charge is 0.223 e. The van der Waals surface area contributed by atoms with Crippen molar-refractivity contribution in [3.63, 3.8) is 0 Å². The Morgan fingerprint density at radius 2 is 2.17 bits per heavy atom. The first-order valence-corrected chi connectivity index (χ1v) is 10.5. The summed E-state index contributed by atoms with van der Waals surface area (Å²) >= 11 is 0. The van der Waals surface area contributed by atoms with E-state index in [9.17, 15) is 4.79 Å². The zero-order valence-electron chi connectivity index (χ0n) is 16.4. The first kappa shape index (κ1) is 18.1. The Morgan fingerprint density at radius 3 is 3.00 bits per heavy atom. The summed E-state index contributed by atoms with van der Waals surface area (Å²) in [4.78, 5) is 21.8. The predicted molar refractivity (Wildman–Crippen MR) is 106 cm³/mol. The van der Waals surface area contributed by atoms with Crippen LogP contribution >= 0.6 is 0 Å². The third-order valence-electron chi connectivity index (χ3n) is 6.17. The van der Waals surface area contributed by atoms with Gasteiger partial charge in [0.2, 0.25) is 11.7 Å². The normalized spacial score (nSPS) is 19.8. The van der Waals surface area contributed by atoms with E-state index in [4.69, 9.17) is 9.40 Å². The molecule has 4 heterocycles. The van der Waals surface area contributed by atoms with Crippen molar-refractivity contribution in [2.24, 2.45) is 5.92 Å². The summed E-state index contributed by atoms with van der Waals surface area (Å²) in [6, 6.07) is 3.60. The number of imidazole rings is 1. The second-order valence-corrected chi connectivity index (χ2v) is 8.08. The molecule has 0 spiro atoms. The van der Waals surface area contributed by atoms with Crippen LogP contribution in [0.15, 0.2) is 29.0 Å². The Kier molecular flexibility index (Phi) is 4.91. The topological polar surface area (TPSA) is 102 Å². The quantitative estimate of drug-likeness (QED) is 0.692. The molecule has 1 amide bonds. The minimum absolute atomic E-state index is 0.0223. The van der Waals surface area contributed by atoms with Gasteiger partial charge in [-0.05, 0) is 31.4 Å². The molecule has 0 saturated heterocycles. The third kappa shape index (κ3) is 3.71. The molecule has 29 heavy (non-hydrogen) atoms. The molecule has 0 aromatic carbocycles. The number of hydrogen-bond donors (Lipinski definition) is 2. The Morgan fingerprint density at radius 1 is 1.28 bits per heavy atom. The standard InChI is InChI=1S/C21H26N6O2/c28-21(23-13-18-24-19(26-25-18)17-7-4-10-29-17)15-8-9-27-16(11-15)12-22-20(27)14-5-2-1-3-6-14/h4,7,10,12,14-15H,1-3,5-6,8-9,11,13H2,(H,23,28)(H,24,25,26)/t15-/m0/s1. The lowest BCUT2D eigenvalue weighted by molar-refractivity contribution is -0.125. The van der Waals surface area contributed by atoms with Crippen molar-refractivity contribution in [1.29, 1.82) is 0 Å². The van der Waals surface area contributed by atoms with Gasteiger partial charge >= 0.3 is 0 Å². The van der Waals surface area contributed by atoms with Gasteiger partial charge in [0.1, 0.15) is 11.6 Å². The fourth-order valence-electron chi connectivity index (χ4n) is 4.60. The van der Waals surface area contributed by atoms with Crippen LogP contribution in [0.5, 0.6) is 0 Å². The molecular weight excluding hydrogens is 368 g/mol. The average molecular weight is 394 g/mol. The van der Waals surface area contributed by atoms with E-state index in [2.05, 4.69) is 25.1 Å². The fraction of sp³-hybridized carbons (Fsp3) is 0.524. The summed E-state index contributed by atoms with van der Waals surface area (Å²) in [6.07, 6.45) is 11.6. The lowest BCUT2D eigenvalue weighted by atomic mass is 9.88. The number of carbonyl (C=O) groups excluding carboxylic acids is 1. The van der Waals surface area contributed by atoms with Gasteiger partial charge in [-0.3, -0.25) is 9.89 Å². The number of nitrogens with one attached hydrogen (secondary N) is 2. The van der Waals surface area contributed by atoms with Crippen LogP contribution in [0.1, 0.15) is 61.8 Å². The van der Waals surface area contributed by atoms with E-state index in [0.717, 1.165) is 19.4 Å². The van der Waals surface area contributed by atoms with Crippen LogP contribution < -0.4 is 5.32 Å². The number of furan rings is 1. The summed E-state index contributed by atoms with van der Waals surface area (Å²) in [5.41, 5.74) is 1.19. The Bertz CT molecular complexity index is 967. The van der Waals surface area contributed by atoms with E-state index in [1.807, 2.05) is 6.20 Å². The van der Waals surface area contributed by atoms with Crippen LogP contribution in [0.4, 0.5) is 0 Å². The summed E-state index contributed by atoms with van der Waals surface area (Å²) in [5.74, 6) is 3.59. The maximum atomic E-state index is 12.7. The molecule has 0 radical (unpaired) electrons. The molecule has 0 bridgehead atoms.